The summed E-state index contributed by atoms with van der Waals surface area (Å²) in [5.41, 5.74) is 1.64. The molecule has 0 saturated carbocycles. The molecule has 0 spiro atoms. The van der Waals surface area contributed by atoms with Gasteiger partial charge in [0.1, 0.15) is 21.4 Å². The summed E-state index contributed by atoms with van der Waals surface area (Å²) in [6, 6.07) is 0. The molecular weight excluding hydrogens is 448 g/mol. The van der Waals surface area contributed by atoms with Crippen LogP contribution in [-0.4, -0.2) is 32.4 Å². The van der Waals surface area contributed by atoms with Crippen molar-refractivity contribution in [3.8, 4) is 0 Å². The molecule has 0 aliphatic heterocycles. The first kappa shape index (κ1) is 22.4. The van der Waals surface area contributed by atoms with Gasteiger partial charge in [-0.15, -0.1) is 22.7 Å². The van der Waals surface area contributed by atoms with E-state index in [1.807, 2.05) is 0 Å². The Labute approximate surface area is 194 Å². The number of hydrogen-bond acceptors (Lipinski definition) is 8. The van der Waals surface area contributed by atoms with Gasteiger partial charge in [0, 0.05) is 27.5 Å². The van der Waals surface area contributed by atoms with Gasteiger partial charge in [0.05, 0.1) is 5.75 Å². The summed E-state index contributed by atoms with van der Waals surface area (Å²) in [4.78, 5) is 42.1. The molecule has 1 N–H and O–H groups in total. The standard InChI is InChI=1S/C22H26N4O2S3/c1-10(2)18-25-19(16-11(3)12(4)30-20(16)26-18)29-9-15(28)23-21-24-17-13(27)7-22(5,6)8-14(17)31-21/h10H,7-9H2,1-6H3,(H,23,24,28). The monoisotopic (exact) mass is 474 g/mol. The lowest BCUT2D eigenvalue weighted by Gasteiger charge is -2.26. The van der Waals surface area contributed by atoms with Gasteiger partial charge in [-0.3, -0.25) is 9.59 Å². The fourth-order valence-corrected chi connectivity index (χ4v) is 6.89. The van der Waals surface area contributed by atoms with Gasteiger partial charge in [-0.25, -0.2) is 15.0 Å². The maximum Gasteiger partial charge on any atom is 0.236 e. The van der Waals surface area contributed by atoms with Gasteiger partial charge in [0.25, 0.3) is 0 Å². The first-order valence-electron chi connectivity index (χ1n) is 10.3. The Morgan fingerprint density at radius 1 is 1.16 bits per heavy atom. The lowest BCUT2D eigenvalue weighted by molar-refractivity contribution is -0.113. The van der Waals surface area contributed by atoms with Gasteiger partial charge < -0.3 is 5.32 Å². The van der Waals surface area contributed by atoms with Crippen LogP contribution in [-0.2, 0) is 11.2 Å². The summed E-state index contributed by atoms with van der Waals surface area (Å²) in [6.45, 7) is 12.5. The van der Waals surface area contributed by atoms with E-state index in [4.69, 9.17) is 9.97 Å². The smallest absolute Gasteiger partial charge is 0.236 e. The maximum atomic E-state index is 12.7. The predicted octanol–water partition coefficient (Wildman–Crippen LogP) is 5.77. The molecule has 3 aromatic heterocycles. The molecule has 0 atom stereocenters. The number of aryl methyl sites for hydroxylation is 2. The molecular formula is C22H26N4O2S3. The van der Waals surface area contributed by atoms with E-state index in [1.54, 1.807) is 11.3 Å². The van der Waals surface area contributed by atoms with Gasteiger partial charge in [-0.1, -0.05) is 39.5 Å². The number of carbonyl (C=O) groups excluding carboxylic acids is 2. The fourth-order valence-electron chi connectivity index (χ4n) is 3.64. The van der Waals surface area contributed by atoms with E-state index in [1.165, 1.54) is 33.5 Å². The van der Waals surface area contributed by atoms with Gasteiger partial charge in [-0.05, 0) is 31.2 Å². The number of carbonyl (C=O) groups is 2. The Hall–Kier alpha value is -1.84. The van der Waals surface area contributed by atoms with E-state index in [-0.39, 0.29) is 28.8 Å². The molecule has 0 unspecified atom stereocenters. The van der Waals surface area contributed by atoms with Crippen molar-refractivity contribution in [1.29, 1.82) is 0 Å². The summed E-state index contributed by atoms with van der Waals surface area (Å²) in [7, 11) is 0. The third-order valence-electron chi connectivity index (χ3n) is 5.36. The van der Waals surface area contributed by atoms with Crippen molar-refractivity contribution in [2.24, 2.45) is 5.41 Å². The van der Waals surface area contributed by atoms with Gasteiger partial charge in [0.15, 0.2) is 10.9 Å². The number of nitrogens with one attached hydrogen (secondary N) is 1. The van der Waals surface area contributed by atoms with Crippen molar-refractivity contribution < 1.29 is 9.59 Å². The highest BCUT2D eigenvalue weighted by molar-refractivity contribution is 8.00. The highest BCUT2D eigenvalue weighted by Crippen LogP contribution is 2.39. The highest BCUT2D eigenvalue weighted by Gasteiger charge is 2.34. The number of ketones is 1. The molecule has 31 heavy (non-hydrogen) atoms. The molecule has 0 radical (unpaired) electrons. The van der Waals surface area contributed by atoms with Crippen molar-refractivity contribution in [3.63, 3.8) is 0 Å². The first-order valence-corrected chi connectivity index (χ1v) is 12.9. The van der Waals surface area contributed by atoms with Gasteiger partial charge in [0.2, 0.25) is 5.91 Å². The number of thioether (sulfide) groups is 1. The Morgan fingerprint density at radius 3 is 2.61 bits per heavy atom. The molecule has 4 rings (SSSR count). The summed E-state index contributed by atoms with van der Waals surface area (Å²) >= 11 is 4.51. The minimum Gasteiger partial charge on any atom is -0.301 e. The Morgan fingerprint density at radius 2 is 1.90 bits per heavy atom. The van der Waals surface area contributed by atoms with Gasteiger partial charge >= 0.3 is 0 Å². The second kappa shape index (κ2) is 8.26. The molecule has 3 aromatic rings. The Kier molecular flexibility index (Phi) is 5.95. The van der Waals surface area contributed by atoms with Crippen molar-refractivity contribution in [1.82, 2.24) is 15.0 Å². The van der Waals surface area contributed by atoms with E-state index in [9.17, 15) is 9.59 Å². The van der Waals surface area contributed by atoms with E-state index in [2.05, 4.69) is 51.8 Å². The van der Waals surface area contributed by atoms with Crippen molar-refractivity contribution in [3.05, 3.63) is 26.8 Å². The second-order valence-electron chi connectivity index (χ2n) is 9.07. The maximum absolute atomic E-state index is 12.7. The third kappa shape index (κ3) is 4.54. The quantitative estimate of drug-likeness (QED) is 0.373. The molecule has 0 bridgehead atoms. The number of rotatable bonds is 5. The van der Waals surface area contributed by atoms with Crippen molar-refractivity contribution in [2.75, 3.05) is 11.1 Å². The number of fused-ring (bicyclic) bond motifs is 2. The van der Waals surface area contributed by atoms with Crippen LogP contribution in [0.2, 0.25) is 0 Å². The second-order valence-corrected chi connectivity index (χ2v) is 12.3. The summed E-state index contributed by atoms with van der Waals surface area (Å²) in [5, 5.41) is 5.27. The van der Waals surface area contributed by atoms with Crippen LogP contribution in [0.1, 0.15) is 71.7 Å². The zero-order valence-corrected chi connectivity index (χ0v) is 21.0. The van der Waals surface area contributed by atoms with Crippen LogP contribution in [0.5, 0.6) is 0 Å². The lowest BCUT2D eigenvalue weighted by atomic mass is 9.78. The normalized spacial score (nSPS) is 15.5. The van der Waals surface area contributed by atoms with E-state index in [0.29, 0.717) is 17.2 Å². The predicted molar refractivity (Wildman–Crippen MR) is 129 cm³/mol. The number of nitrogens with zero attached hydrogens (tertiary/aromatic N) is 3. The summed E-state index contributed by atoms with van der Waals surface area (Å²) in [6.07, 6.45) is 1.30. The largest absolute Gasteiger partial charge is 0.301 e. The molecule has 1 aliphatic rings. The molecule has 1 amide bonds. The average molecular weight is 475 g/mol. The number of aromatic nitrogens is 3. The number of anilines is 1. The molecule has 1 aliphatic carbocycles. The zero-order chi connectivity index (χ0) is 22.5. The lowest BCUT2D eigenvalue weighted by Crippen LogP contribution is -2.26. The van der Waals surface area contributed by atoms with Crippen molar-refractivity contribution in [2.45, 2.75) is 65.3 Å². The molecule has 0 saturated heterocycles. The zero-order valence-electron chi connectivity index (χ0n) is 18.6. The summed E-state index contributed by atoms with van der Waals surface area (Å²) < 4.78 is 0. The van der Waals surface area contributed by atoms with Crippen LogP contribution in [0.4, 0.5) is 5.13 Å². The van der Waals surface area contributed by atoms with Crippen LogP contribution in [0.25, 0.3) is 10.2 Å². The number of thiophene rings is 1. The minimum absolute atomic E-state index is 0.0587. The molecule has 0 fully saturated rings. The third-order valence-corrected chi connectivity index (χ3v) is 8.40. The Bertz CT molecular complexity index is 1190. The highest BCUT2D eigenvalue weighted by atomic mass is 32.2. The van der Waals surface area contributed by atoms with Crippen LogP contribution < -0.4 is 5.32 Å². The van der Waals surface area contributed by atoms with E-state index >= 15 is 0 Å². The molecule has 164 valence electrons. The molecule has 0 aromatic carbocycles. The molecule has 6 nitrogen and oxygen atoms in total. The molecule has 3 heterocycles. The topological polar surface area (TPSA) is 84.8 Å². The van der Waals surface area contributed by atoms with Crippen molar-refractivity contribution >= 4 is 61.5 Å². The number of Topliss-reactive ketones (excluding diaryl/α,β-unsaturated/α-hetero) is 1. The van der Waals surface area contributed by atoms with Crippen LogP contribution in [0, 0.1) is 19.3 Å². The number of hydrogen-bond donors (Lipinski definition) is 1. The molecule has 9 heteroatoms. The van der Waals surface area contributed by atoms with Gasteiger partial charge in [-0.2, -0.15) is 0 Å². The van der Waals surface area contributed by atoms with Crippen LogP contribution in [0.15, 0.2) is 5.03 Å². The first-order chi connectivity index (χ1) is 14.5. The fraction of sp³-hybridized carbons (Fsp3) is 0.500. The average Bonchev–Trinajstić information content (AvgIpc) is 3.19. The Balaban J connectivity index is 1.51. The van der Waals surface area contributed by atoms with E-state index < -0.39 is 0 Å². The number of thiazole rings is 1. The van der Waals surface area contributed by atoms with E-state index in [0.717, 1.165) is 32.4 Å². The SMILES string of the molecule is Cc1sc2nc(C(C)C)nc(SCC(=O)Nc3nc4c(s3)CC(C)(C)CC4=O)c2c1C. The summed E-state index contributed by atoms with van der Waals surface area (Å²) in [5.74, 6) is 1.14. The van der Waals surface area contributed by atoms with Crippen LogP contribution >= 0.6 is 34.4 Å². The minimum atomic E-state index is -0.148. The number of amides is 1. The van der Waals surface area contributed by atoms with Crippen LogP contribution in [0.3, 0.4) is 0 Å².